The van der Waals surface area contributed by atoms with E-state index >= 15 is 0 Å². The first-order chi connectivity index (χ1) is 20.4. The van der Waals surface area contributed by atoms with Crippen molar-refractivity contribution in [2.45, 2.75) is 13.0 Å². The van der Waals surface area contributed by atoms with E-state index < -0.39 is 0 Å². The fourth-order valence-corrected chi connectivity index (χ4v) is 5.25. The van der Waals surface area contributed by atoms with Gasteiger partial charge in [0.1, 0.15) is 0 Å². The van der Waals surface area contributed by atoms with Crippen LogP contribution >= 0.6 is 11.6 Å². The van der Waals surface area contributed by atoms with Gasteiger partial charge in [-0.2, -0.15) is 0 Å². The average molecular weight is 581 g/mol. The van der Waals surface area contributed by atoms with Crippen molar-refractivity contribution in [1.82, 2.24) is 9.80 Å². The number of benzene rings is 4. The van der Waals surface area contributed by atoms with Crippen molar-refractivity contribution in [3.05, 3.63) is 130 Å². The zero-order chi connectivity index (χ0) is 29.5. The molecule has 4 aromatic rings. The van der Waals surface area contributed by atoms with Crippen LogP contribution in [0.5, 0.6) is 0 Å². The Balaban J connectivity index is 1.39. The molecule has 7 nitrogen and oxygen atoms in total. The summed E-state index contributed by atoms with van der Waals surface area (Å²) in [6.45, 7) is 2.82. The second kappa shape index (κ2) is 13.4. The first-order valence-electron chi connectivity index (χ1n) is 14.0. The largest absolute Gasteiger partial charge is 0.369 e. The Morgan fingerprint density at radius 2 is 1.48 bits per heavy atom. The van der Waals surface area contributed by atoms with E-state index in [2.05, 4.69) is 10.2 Å². The van der Waals surface area contributed by atoms with Crippen LogP contribution in [-0.4, -0.2) is 60.7 Å². The van der Waals surface area contributed by atoms with Crippen LogP contribution < -0.4 is 10.2 Å². The first kappa shape index (κ1) is 28.9. The van der Waals surface area contributed by atoms with E-state index in [1.54, 1.807) is 54.4 Å². The third-order valence-corrected chi connectivity index (χ3v) is 7.60. The van der Waals surface area contributed by atoms with Gasteiger partial charge < -0.3 is 20.0 Å². The molecule has 1 heterocycles. The second-order valence-electron chi connectivity index (χ2n) is 10.3. The Morgan fingerprint density at radius 3 is 2.19 bits per heavy atom. The van der Waals surface area contributed by atoms with Crippen LogP contribution in [0.1, 0.15) is 43.1 Å². The maximum Gasteiger partial charge on any atom is 0.256 e. The SMILES string of the molecule is CN(Cc1ccccc1)C(=O)c1cc(NC(=O)c2ccccc2)ccc1N1CCCN(C(=O)c2ccc(Cl)cc2)CC1. The summed E-state index contributed by atoms with van der Waals surface area (Å²) >= 11 is 6.01. The van der Waals surface area contributed by atoms with Crippen LogP contribution in [0.4, 0.5) is 11.4 Å². The number of halogens is 1. The topological polar surface area (TPSA) is 73.0 Å². The van der Waals surface area contributed by atoms with Gasteiger partial charge in [0.2, 0.25) is 0 Å². The van der Waals surface area contributed by atoms with E-state index in [0.717, 1.165) is 17.7 Å². The summed E-state index contributed by atoms with van der Waals surface area (Å²) in [5.41, 5.74) is 3.97. The summed E-state index contributed by atoms with van der Waals surface area (Å²) < 4.78 is 0. The summed E-state index contributed by atoms with van der Waals surface area (Å²) in [4.78, 5) is 45.6. The molecule has 0 radical (unpaired) electrons. The molecule has 0 aliphatic carbocycles. The molecule has 1 saturated heterocycles. The van der Waals surface area contributed by atoms with Crippen molar-refractivity contribution in [2.75, 3.05) is 43.4 Å². The lowest BCUT2D eigenvalue weighted by Gasteiger charge is -2.28. The van der Waals surface area contributed by atoms with E-state index in [0.29, 0.717) is 60.1 Å². The van der Waals surface area contributed by atoms with Crippen LogP contribution in [0.2, 0.25) is 5.02 Å². The number of amides is 3. The molecular weight excluding hydrogens is 548 g/mol. The summed E-state index contributed by atoms with van der Waals surface area (Å²) in [6, 6.07) is 31.2. The van der Waals surface area contributed by atoms with Gasteiger partial charge in [-0.05, 0) is 66.6 Å². The molecular formula is C34H33ClN4O3. The molecule has 0 atom stereocenters. The standard InChI is InChI=1S/C34H33ClN4O3/c1-37(24-25-9-4-2-5-10-25)34(42)30-23-29(36-32(40)26-11-6-3-7-12-26)17-18-31(30)38-19-8-20-39(22-21-38)33(41)27-13-15-28(35)16-14-27/h2-7,9-18,23H,8,19-22,24H2,1H3,(H,36,40). The van der Waals surface area contributed by atoms with Crippen molar-refractivity contribution in [3.8, 4) is 0 Å². The molecule has 1 N–H and O–H groups in total. The van der Waals surface area contributed by atoms with E-state index in [9.17, 15) is 14.4 Å². The highest BCUT2D eigenvalue weighted by atomic mass is 35.5. The Bertz CT molecular complexity index is 1540. The van der Waals surface area contributed by atoms with Gasteiger partial charge in [0.25, 0.3) is 17.7 Å². The van der Waals surface area contributed by atoms with Gasteiger partial charge in [0.05, 0.1) is 5.56 Å². The molecule has 0 saturated carbocycles. The van der Waals surface area contributed by atoms with Crippen molar-refractivity contribution >= 4 is 40.7 Å². The van der Waals surface area contributed by atoms with Gasteiger partial charge >= 0.3 is 0 Å². The van der Waals surface area contributed by atoms with E-state index in [1.807, 2.05) is 65.6 Å². The highest BCUT2D eigenvalue weighted by Gasteiger charge is 2.25. The predicted molar refractivity (Wildman–Crippen MR) is 167 cm³/mol. The molecule has 42 heavy (non-hydrogen) atoms. The molecule has 1 aliphatic heterocycles. The van der Waals surface area contributed by atoms with Crippen LogP contribution in [-0.2, 0) is 6.54 Å². The predicted octanol–water partition coefficient (Wildman–Crippen LogP) is 6.22. The maximum atomic E-state index is 13.9. The summed E-state index contributed by atoms with van der Waals surface area (Å²) in [5, 5.41) is 3.53. The van der Waals surface area contributed by atoms with Crippen molar-refractivity contribution < 1.29 is 14.4 Å². The third kappa shape index (κ3) is 6.98. The van der Waals surface area contributed by atoms with Crippen molar-refractivity contribution in [2.24, 2.45) is 0 Å². The molecule has 0 aromatic heterocycles. The van der Waals surface area contributed by atoms with Gasteiger partial charge in [0.15, 0.2) is 0 Å². The van der Waals surface area contributed by atoms with Gasteiger partial charge in [-0.3, -0.25) is 14.4 Å². The number of anilines is 2. The molecule has 5 rings (SSSR count). The second-order valence-corrected chi connectivity index (χ2v) is 10.8. The highest BCUT2D eigenvalue weighted by Crippen LogP contribution is 2.28. The van der Waals surface area contributed by atoms with E-state index in [-0.39, 0.29) is 17.7 Å². The fraction of sp³-hybridized carbons (Fsp3) is 0.206. The van der Waals surface area contributed by atoms with E-state index in [4.69, 9.17) is 11.6 Å². The Hall–Kier alpha value is -4.62. The lowest BCUT2D eigenvalue weighted by Crippen LogP contribution is -2.36. The first-order valence-corrected chi connectivity index (χ1v) is 14.4. The smallest absolute Gasteiger partial charge is 0.256 e. The van der Waals surface area contributed by atoms with Gasteiger partial charge in [-0.15, -0.1) is 0 Å². The number of carbonyl (C=O) groups is 3. The minimum Gasteiger partial charge on any atom is -0.369 e. The molecule has 0 unspecified atom stereocenters. The van der Waals surface area contributed by atoms with E-state index in [1.165, 1.54) is 0 Å². The minimum absolute atomic E-state index is 0.0358. The van der Waals surface area contributed by atoms with Crippen LogP contribution in [0.25, 0.3) is 0 Å². The summed E-state index contributed by atoms with van der Waals surface area (Å²) in [5.74, 6) is -0.431. The minimum atomic E-state index is -0.245. The Labute approximate surface area is 251 Å². The van der Waals surface area contributed by atoms with Gasteiger partial charge in [0, 0.05) is 67.3 Å². The molecule has 1 aliphatic rings. The molecule has 0 spiro atoms. The number of nitrogens with one attached hydrogen (secondary N) is 1. The molecule has 4 aromatic carbocycles. The van der Waals surface area contributed by atoms with Crippen LogP contribution in [0.15, 0.2) is 103 Å². The fourth-order valence-electron chi connectivity index (χ4n) is 5.12. The summed E-state index contributed by atoms with van der Waals surface area (Å²) in [7, 11) is 1.78. The molecule has 214 valence electrons. The van der Waals surface area contributed by atoms with Gasteiger partial charge in [-0.25, -0.2) is 0 Å². The van der Waals surface area contributed by atoms with Crippen molar-refractivity contribution in [3.63, 3.8) is 0 Å². The Morgan fingerprint density at radius 1 is 0.786 bits per heavy atom. The third-order valence-electron chi connectivity index (χ3n) is 7.35. The molecule has 3 amide bonds. The lowest BCUT2D eigenvalue weighted by atomic mass is 10.1. The number of rotatable bonds is 7. The monoisotopic (exact) mass is 580 g/mol. The maximum absolute atomic E-state index is 13.9. The normalized spacial score (nSPS) is 13.3. The number of nitrogens with zero attached hydrogens (tertiary/aromatic N) is 3. The quantitative estimate of drug-likeness (QED) is 0.282. The zero-order valence-electron chi connectivity index (χ0n) is 23.5. The highest BCUT2D eigenvalue weighted by molar-refractivity contribution is 6.30. The Kier molecular flexibility index (Phi) is 9.19. The molecule has 1 fully saturated rings. The van der Waals surface area contributed by atoms with Crippen LogP contribution in [0.3, 0.4) is 0 Å². The number of carbonyl (C=O) groups excluding carboxylic acids is 3. The molecule has 8 heteroatoms. The number of hydrogen-bond acceptors (Lipinski definition) is 4. The lowest BCUT2D eigenvalue weighted by molar-refractivity contribution is 0.0763. The zero-order valence-corrected chi connectivity index (χ0v) is 24.3. The van der Waals surface area contributed by atoms with Crippen molar-refractivity contribution in [1.29, 1.82) is 0 Å². The van der Waals surface area contributed by atoms with Gasteiger partial charge in [-0.1, -0.05) is 60.1 Å². The number of hydrogen-bond donors (Lipinski definition) is 1. The molecule has 0 bridgehead atoms. The van der Waals surface area contributed by atoms with Crippen LogP contribution in [0, 0.1) is 0 Å². The summed E-state index contributed by atoms with van der Waals surface area (Å²) in [6.07, 6.45) is 0.749. The average Bonchev–Trinajstić information content (AvgIpc) is 3.28.